The van der Waals surface area contributed by atoms with Crippen molar-refractivity contribution >= 4 is 23.5 Å². The lowest BCUT2D eigenvalue weighted by molar-refractivity contribution is -0.118. The van der Waals surface area contributed by atoms with Crippen molar-refractivity contribution in [3.05, 3.63) is 23.5 Å². The van der Waals surface area contributed by atoms with Crippen molar-refractivity contribution in [3.63, 3.8) is 0 Å². The number of nitrogens with zero attached hydrogens (tertiary/aromatic N) is 6. The monoisotopic (exact) mass is 402 g/mol. The Morgan fingerprint density at radius 1 is 0.828 bits per heavy atom. The molecule has 1 aliphatic rings. The van der Waals surface area contributed by atoms with Crippen LogP contribution in [0.4, 0.5) is 11.6 Å². The second kappa shape index (κ2) is 9.19. The normalized spacial score (nSPS) is 15.9. The quantitative estimate of drug-likeness (QED) is 0.724. The standard InChI is InChI=1S/C19H30N8O2/c1-14-10-16(24(3)22-14)20-18(28)12-26-6-5-7-27(9-8-26)13-19(29)21-17-11-15(2)23-25(17)4/h10-11H,5-9,12-13H2,1-4H3,(H,20,28)(H,21,29). The molecule has 0 spiro atoms. The first-order chi connectivity index (χ1) is 13.8. The molecule has 2 amide bonds. The van der Waals surface area contributed by atoms with E-state index >= 15 is 0 Å². The SMILES string of the molecule is Cc1cc(NC(=O)CN2CCCN(CC(=O)Nc3cc(C)nn3C)CC2)n(C)n1. The lowest BCUT2D eigenvalue weighted by atomic mass is 10.3. The first kappa shape index (κ1) is 21.0. The molecule has 0 unspecified atom stereocenters. The number of aromatic nitrogens is 4. The Kier molecular flexibility index (Phi) is 6.65. The average molecular weight is 403 g/mol. The molecule has 0 bridgehead atoms. The van der Waals surface area contributed by atoms with Gasteiger partial charge in [-0.25, -0.2) is 0 Å². The minimum atomic E-state index is -0.0502. The molecule has 1 saturated heterocycles. The Balaban J connectivity index is 1.44. The van der Waals surface area contributed by atoms with Crippen molar-refractivity contribution in [2.45, 2.75) is 20.3 Å². The van der Waals surface area contributed by atoms with E-state index in [2.05, 4.69) is 30.6 Å². The molecule has 0 atom stereocenters. The molecule has 0 aliphatic carbocycles. The maximum absolute atomic E-state index is 12.4. The molecular formula is C19H30N8O2. The summed E-state index contributed by atoms with van der Waals surface area (Å²) >= 11 is 0. The molecule has 10 nitrogen and oxygen atoms in total. The van der Waals surface area contributed by atoms with Crippen molar-refractivity contribution in [1.29, 1.82) is 0 Å². The molecule has 1 fully saturated rings. The van der Waals surface area contributed by atoms with E-state index < -0.39 is 0 Å². The maximum atomic E-state index is 12.4. The van der Waals surface area contributed by atoms with Crippen molar-refractivity contribution in [2.24, 2.45) is 14.1 Å². The lowest BCUT2D eigenvalue weighted by Crippen LogP contribution is -2.38. The van der Waals surface area contributed by atoms with Crippen LogP contribution in [0.15, 0.2) is 12.1 Å². The van der Waals surface area contributed by atoms with Gasteiger partial charge in [0.25, 0.3) is 0 Å². The molecule has 1 aliphatic heterocycles. The van der Waals surface area contributed by atoms with Crippen LogP contribution in [0, 0.1) is 13.8 Å². The molecule has 158 valence electrons. The van der Waals surface area contributed by atoms with E-state index in [0.29, 0.717) is 24.7 Å². The predicted molar refractivity (Wildman–Crippen MR) is 111 cm³/mol. The topological polar surface area (TPSA) is 100 Å². The molecule has 10 heteroatoms. The third-order valence-electron chi connectivity index (χ3n) is 4.95. The summed E-state index contributed by atoms with van der Waals surface area (Å²) < 4.78 is 3.33. The summed E-state index contributed by atoms with van der Waals surface area (Å²) in [7, 11) is 3.62. The number of hydrogen-bond donors (Lipinski definition) is 2. The van der Waals surface area contributed by atoms with Gasteiger partial charge in [0.1, 0.15) is 11.6 Å². The third kappa shape index (κ3) is 5.88. The Hall–Kier alpha value is -2.72. The molecule has 2 aromatic rings. The number of carbonyl (C=O) groups excluding carboxylic acids is 2. The van der Waals surface area contributed by atoms with E-state index in [1.807, 2.05) is 40.1 Å². The Bertz CT molecular complexity index is 801. The Labute approximate surface area is 170 Å². The Morgan fingerprint density at radius 2 is 1.24 bits per heavy atom. The van der Waals surface area contributed by atoms with Crippen LogP contribution in [0.2, 0.25) is 0 Å². The van der Waals surface area contributed by atoms with E-state index in [-0.39, 0.29) is 11.8 Å². The second-order valence-corrected chi connectivity index (χ2v) is 7.59. The highest BCUT2D eigenvalue weighted by Gasteiger charge is 2.20. The van der Waals surface area contributed by atoms with Crippen molar-refractivity contribution in [2.75, 3.05) is 49.9 Å². The van der Waals surface area contributed by atoms with E-state index in [1.165, 1.54) is 0 Å². The van der Waals surface area contributed by atoms with Gasteiger partial charge in [0.15, 0.2) is 0 Å². The number of anilines is 2. The first-order valence-corrected chi connectivity index (χ1v) is 9.86. The minimum Gasteiger partial charge on any atom is -0.310 e. The van der Waals surface area contributed by atoms with Crippen LogP contribution < -0.4 is 10.6 Å². The Morgan fingerprint density at radius 3 is 1.59 bits per heavy atom. The van der Waals surface area contributed by atoms with Crippen LogP contribution in [0.5, 0.6) is 0 Å². The van der Waals surface area contributed by atoms with E-state index in [4.69, 9.17) is 0 Å². The van der Waals surface area contributed by atoms with Gasteiger partial charge >= 0.3 is 0 Å². The highest BCUT2D eigenvalue weighted by Crippen LogP contribution is 2.10. The fourth-order valence-electron chi connectivity index (χ4n) is 3.57. The largest absolute Gasteiger partial charge is 0.310 e. The summed E-state index contributed by atoms with van der Waals surface area (Å²) in [6, 6.07) is 3.70. The summed E-state index contributed by atoms with van der Waals surface area (Å²) in [5.74, 6) is 1.30. The third-order valence-corrected chi connectivity index (χ3v) is 4.95. The smallest absolute Gasteiger partial charge is 0.239 e. The van der Waals surface area contributed by atoms with Gasteiger partial charge in [-0.05, 0) is 33.4 Å². The molecule has 3 rings (SSSR count). The zero-order valence-corrected chi connectivity index (χ0v) is 17.6. The van der Waals surface area contributed by atoms with Gasteiger partial charge in [-0.15, -0.1) is 0 Å². The molecule has 3 heterocycles. The fourth-order valence-corrected chi connectivity index (χ4v) is 3.57. The van der Waals surface area contributed by atoms with Crippen LogP contribution >= 0.6 is 0 Å². The summed E-state index contributed by atoms with van der Waals surface area (Å²) in [6.07, 6.45) is 0.913. The van der Waals surface area contributed by atoms with Gasteiger partial charge in [0.2, 0.25) is 11.8 Å². The summed E-state index contributed by atoms with van der Waals surface area (Å²) in [4.78, 5) is 29.0. The van der Waals surface area contributed by atoms with Crippen LogP contribution in [0.3, 0.4) is 0 Å². The fraction of sp³-hybridized carbons (Fsp3) is 0.579. The number of rotatable bonds is 6. The van der Waals surface area contributed by atoms with Gasteiger partial charge in [-0.1, -0.05) is 0 Å². The number of aryl methyl sites for hydroxylation is 4. The van der Waals surface area contributed by atoms with Crippen LogP contribution in [-0.4, -0.2) is 80.4 Å². The number of carbonyl (C=O) groups is 2. The molecule has 29 heavy (non-hydrogen) atoms. The van der Waals surface area contributed by atoms with Crippen LogP contribution in [-0.2, 0) is 23.7 Å². The maximum Gasteiger partial charge on any atom is 0.239 e. The minimum absolute atomic E-state index is 0.0502. The van der Waals surface area contributed by atoms with E-state index in [0.717, 1.165) is 44.0 Å². The lowest BCUT2D eigenvalue weighted by Gasteiger charge is -2.21. The molecular weight excluding hydrogens is 372 g/mol. The zero-order valence-electron chi connectivity index (χ0n) is 17.6. The number of amides is 2. The summed E-state index contributed by atoms with van der Waals surface area (Å²) in [5.41, 5.74) is 1.74. The predicted octanol–water partition coefficient (Wildman–Crippen LogP) is 0.355. The first-order valence-electron chi connectivity index (χ1n) is 9.86. The van der Waals surface area contributed by atoms with E-state index in [9.17, 15) is 9.59 Å². The van der Waals surface area contributed by atoms with Crippen molar-refractivity contribution < 1.29 is 9.59 Å². The highest BCUT2D eigenvalue weighted by atomic mass is 16.2. The van der Waals surface area contributed by atoms with Gasteiger partial charge in [-0.3, -0.25) is 28.8 Å². The van der Waals surface area contributed by atoms with Crippen molar-refractivity contribution in [1.82, 2.24) is 29.4 Å². The van der Waals surface area contributed by atoms with Crippen molar-refractivity contribution in [3.8, 4) is 0 Å². The van der Waals surface area contributed by atoms with Crippen LogP contribution in [0.1, 0.15) is 17.8 Å². The molecule has 0 radical (unpaired) electrons. The van der Waals surface area contributed by atoms with Gasteiger partial charge < -0.3 is 10.6 Å². The number of nitrogens with one attached hydrogen (secondary N) is 2. The number of hydrogen-bond acceptors (Lipinski definition) is 6. The second-order valence-electron chi connectivity index (χ2n) is 7.59. The molecule has 0 saturated carbocycles. The van der Waals surface area contributed by atoms with Gasteiger partial charge in [0.05, 0.1) is 24.5 Å². The van der Waals surface area contributed by atoms with Gasteiger partial charge in [-0.2, -0.15) is 10.2 Å². The summed E-state index contributed by atoms with van der Waals surface area (Å²) in [6.45, 7) is 7.60. The molecule has 2 aromatic heterocycles. The van der Waals surface area contributed by atoms with Gasteiger partial charge in [0, 0.05) is 39.3 Å². The van der Waals surface area contributed by atoms with Crippen LogP contribution in [0.25, 0.3) is 0 Å². The average Bonchev–Trinajstić information content (AvgIpc) is 3.01. The van der Waals surface area contributed by atoms with E-state index in [1.54, 1.807) is 9.36 Å². The molecule has 0 aromatic carbocycles. The molecule has 2 N–H and O–H groups in total. The zero-order chi connectivity index (χ0) is 21.0. The highest BCUT2D eigenvalue weighted by molar-refractivity contribution is 5.92. The summed E-state index contributed by atoms with van der Waals surface area (Å²) in [5, 5.41) is 14.3.